The number of rotatable bonds is 3. The number of hydrogen-bond acceptors (Lipinski definition) is 5. The summed E-state index contributed by atoms with van der Waals surface area (Å²) < 4.78 is 28.3. The van der Waals surface area contributed by atoms with Crippen molar-refractivity contribution >= 4 is 21.7 Å². The van der Waals surface area contributed by atoms with Crippen LogP contribution in [0.25, 0.3) is 0 Å². The second-order valence-corrected chi connectivity index (χ2v) is 5.01. The molecule has 2 aromatic rings. The minimum atomic E-state index is -3.91. The molecule has 0 saturated heterocycles. The molecule has 0 aliphatic heterocycles. The van der Waals surface area contributed by atoms with Gasteiger partial charge in [0.05, 0.1) is 0 Å². The molecule has 0 unspecified atom stereocenters. The molecular weight excluding hydrogens is 264 g/mol. The Hall–Kier alpha value is -1.66. The molecule has 0 aliphatic rings. The predicted molar refractivity (Wildman–Crippen MR) is 61.3 cm³/mol. The highest BCUT2D eigenvalue weighted by molar-refractivity contribution is 7.87. The third-order valence-electron chi connectivity index (χ3n) is 1.83. The molecule has 0 aliphatic carbocycles. The van der Waals surface area contributed by atoms with Gasteiger partial charge in [0.1, 0.15) is 4.90 Å². The van der Waals surface area contributed by atoms with Crippen molar-refractivity contribution in [3.63, 3.8) is 0 Å². The lowest BCUT2D eigenvalue weighted by Crippen LogP contribution is -2.11. The Balaban J connectivity index is 2.29. The molecule has 17 heavy (non-hydrogen) atoms. The Kier molecular flexibility index (Phi) is 3.26. The number of benzene rings is 1. The fourth-order valence-corrected chi connectivity index (χ4v) is 2.05. The molecule has 1 aromatic heterocycles. The van der Waals surface area contributed by atoms with Crippen molar-refractivity contribution < 1.29 is 12.6 Å². The quantitative estimate of drug-likeness (QED) is 0.797. The largest absolute Gasteiger partial charge is 0.341 e. The van der Waals surface area contributed by atoms with Gasteiger partial charge in [-0.3, -0.25) is 0 Å². The summed E-state index contributed by atoms with van der Waals surface area (Å²) >= 11 is 5.66. The highest BCUT2D eigenvalue weighted by Gasteiger charge is 2.17. The molecule has 88 valence electrons. The minimum Gasteiger partial charge on any atom is -0.339 e. The maximum Gasteiger partial charge on any atom is 0.341 e. The van der Waals surface area contributed by atoms with Crippen LogP contribution in [0.2, 0.25) is 5.02 Å². The standard InChI is InChI=1S/C10H7ClN2O3S/c11-8-2-4-9(5-3-8)17(14,15)16-10-12-6-1-7-13-10/h1-7H. The van der Waals surface area contributed by atoms with Gasteiger partial charge in [-0.05, 0) is 30.3 Å². The average molecular weight is 271 g/mol. The van der Waals surface area contributed by atoms with Crippen LogP contribution in [0.4, 0.5) is 0 Å². The zero-order valence-electron chi connectivity index (χ0n) is 8.45. The highest BCUT2D eigenvalue weighted by atomic mass is 35.5. The number of halogens is 1. The normalized spacial score (nSPS) is 11.1. The monoisotopic (exact) mass is 270 g/mol. The molecule has 0 fully saturated rings. The van der Waals surface area contributed by atoms with Crippen molar-refractivity contribution in [1.29, 1.82) is 0 Å². The summed E-state index contributed by atoms with van der Waals surface area (Å²) in [6.45, 7) is 0. The number of hydrogen-bond donors (Lipinski definition) is 0. The Morgan fingerprint density at radius 3 is 2.24 bits per heavy atom. The first-order chi connectivity index (χ1) is 8.08. The summed E-state index contributed by atoms with van der Waals surface area (Å²) in [7, 11) is -3.91. The summed E-state index contributed by atoms with van der Waals surface area (Å²) in [5, 5.41) is 0.444. The lowest BCUT2D eigenvalue weighted by Gasteiger charge is -2.04. The van der Waals surface area contributed by atoms with Crippen LogP contribution in [-0.2, 0) is 10.1 Å². The average Bonchev–Trinajstić information content (AvgIpc) is 2.30. The van der Waals surface area contributed by atoms with E-state index < -0.39 is 10.1 Å². The summed E-state index contributed by atoms with van der Waals surface area (Å²) in [6.07, 6.45) is 2.78. The van der Waals surface area contributed by atoms with Crippen LogP contribution in [0.3, 0.4) is 0 Å². The van der Waals surface area contributed by atoms with Gasteiger partial charge in [-0.1, -0.05) is 11.6 Å². The first kappa shape index (κ1) is 11.8. The van der Waals surface area contributed by atoms with Crippen molar-refractivity contribution in [2.24, 2.45) is 0 Å². The van der Waals surface area contributed by atoms with Crippen LogP contribution in [0.1, 0.15) is 0 Å². The Labute approximate surface area is 103 Å². The topological polar surface area (TPSA) is 69.2 Å². The molecule has 0 N–H and O–H groups in total. The second-order valence-electron chi connectivity index (χ2n) is 3.02. The van der Waals surface area contributed by atoms with Gasteiger partial charge in [0, 0.05) is 17.4 Å². The van der Waals surface area contributed by atoms with Crippen molar-refractivity contribution in [2.75, 3.05) is 0 Å². The van der Waals surface area contributed by atoms with Crippen molar-refractivity contribution in [2.45, 2.75) is 4.90 Å². The summed E-state index contributed by atoms with van der Waals surface area (Å²) in [4.78, 5) is 7.33. The van der Waals surface area contributed by atoms with Gasteiger partial charge in [-0.2, -0.15) is 8.42 Å². The van der Waals surface area contributed by atoms with E-state index >= 15 is 0 Å². The smallest absolute Gasteiger partial charge is 0.339 e. The van der Waals surface area contributed by atoms with Crippen LogP contribution >= 0.6 is 11.6 Å². The van der Waals surface area contributed by atoms with Crippen LogP contribution in [-0.4, -0.2) is 18.4 Å². The molecular formula is C10H7ClN2O3S. The van der Waals surface area contributed by atoms with Crippen LogP contribution in [0, 0.1) is 0 Å². The Bertz CT molecular complexity index is 599. The van der Waals surface area contributed by atoms with Crippen LogP contribution < -0.4 is 4.18 Å². The van der Waals surface area contributed by atoms with Crippen LogP contribution in [0.15, 0.2) is 47.6 Å². The zero-order chi connectivity index (χ0) is 12.3. The van der Waals surface area contributed by atoms with E-state index in [2.05, 4.69) is 9.97 Å². The molecule has 1 aromatic carbocycles. The van der Waals surface area contributed by atoms with Gasteiger partial charge in [0.2, 0.25) is 0 Å². The lowest BCUT2D eigenvalue weighted by molar-refractivity contribution is 0.464. The zero-order valence-corrected chi connectivity index (χ0v) is 10.0. The first-order valence-electron chi connectivity index (χ1n) is 4.55. The highest BCUT2D eigenvalue weighted by Crippen LogP contribution is 2.17. The van der Waals surface area contributed by atoms with E-state index in [1.807, 2.05) is 0 Å². The van der Waals surface area contributed by atoms with Gasteiger partial charge in [0.25, 0.3) is 0 Å². The fourth-order valence-electron chi connectivity index (χ4n) is 1.08. The molecule has 0 amide bonds. The third kappa shape index (κ3) is 2.92. The fraction of sp³-hybridized carbons (Fsp3) is 0. The molecule has 0 spiro atoms. The predicted octanol–water partition coefficient (Wildman–Crippen LogP) is 1.90. The minimum absolute atomic E-state index is 0.00523. The van der Waals surface area contributed by atoms with Crippen LogP contribution in [0.5, 0.6) is 6.01 Å². The lowest BCUT2D eigenvalue weighted by atomic mass is 10.4. The van der Waals surface area contributed by atoms with E-state index in [4.69, 9.17) is 15.8 Å². The summed E-state index contributed by atoms with van der Waals surface area (Å²) in [5.41, 5.74) is 0. The number of aromatic nitrogens is 2. The van der Waals surface area contributed by atoms with E-state index in [0.29, 0.717) is 5.02 Å². The molecule has 0 saturated carbocycles. The molecule has 5 nitrogen and oxygen atoms in total. The maximum absolute atomic E-state index is 11.8. The molecule has 2 rings (SSSR count). The van der Waals surface area contributed by atoms with E-state index in [1.54, 1.807) is 6.07 Å². The van der Waals surface area contributed by atoms with Gasteiger partial charge >= 0.3 is 16.1 Å². The van der Waals surface area contributed by atoms with Crippen molar-refractivity contribution in [3.8, 4) is 6.01 Å². The van der Waals surface area contributed by atoms with Crippen molar-refractivity contribution in [3.05, 3.63) is 47.7 Å². The summed E-state index contributed by atoms with van der Waals surface area (Å²) in [5.74, 6) is 0. The molecule has 0 bridgehead atoms. The van der Waals surface area contributed by atoms with E-state index in [-0.39, 0.29) is 10.9 Å². The Morgan fingerprint density at radius 1 is 1.06 bits per heavy atom. The second kappa shape index (κ2) is 4.68. The van der Waals surface area contributed by atoms with Crippen molar-refractivity contribution in [1.82, 2.24) is 9.97 Å². The first-order valence-corrected chi connectivity index (χ1v) is 6.34. The van der Waals surface area contributed by atoms with E-state index in [1.165, 1.54) is 36.7 Å². The van der Waals surface area contributed by atoms with E-state index in [9.17, 15) is 8.42 Å². The Morgan fingerprint density at radius 2 is 1.65 bits per heavy atom. The van der Waals surface area contributed by atoms with Gasteiger partial charge in [0.15, 0.2) is 0 Å². The summed E-state index contributed by atoms with van der Waals surface area (Å²) in [6, 6.07) is 6.96. The van der Waals surface area contributed by atoms with E-state index in [0.717, 1.165) is 0 Å². The molecule has 0 radical (unpaired) electrons. The van der Waals surface area contributed by atoms with Gasteiger partial charge in [-0.15, -0.1) is 0 Å². The molecule has 1 heterocycles. The number of nitrogens with zero attached hydrogens (tertiary/aromatic N) is 2. The molecule has 7 heteroatoms. The maximum atomic E-state index is 11.8. The molecule has 0 atom stereocenters. The SMILES string of the molecule is O=S(=O)(Oc1ncccn1)c1ccc(Cl)cc1. The third-order valence-corrected chi connectivity index (χ3v) is 3.30. The van der Waals surface area contributed by atoms with Gasteiger partial charge in [-0.25, -0.2) is 9.97 Å². The van der Waals surface area contributed by atoms with Gasteiger partial charge < -0.3 is 4.18 Å².